The quantitative estimate of drug-likeness (QED) is 0.384. The first-order chi connectivity index (χ1) is 14.5. The van der Waals surface area contributed by atoms with E-state index in [-0.39, 0.29) is 24.0 Å². The predicted octanol–water partition coefficient (Wildman–Crippen LogP) is 2.91. The number of carbonyl (C=O) groups excluding carboxylic acids is 2. The maximum Gasteiger partial charge on any atom is 0.248 e. The van der Waals surface area contributed by atoms with Crippen LogP contribution in [0.3, 0.4) is 0 Å². The topological polar surface area (TPSA) is 88.9 Å². The number of aromatic nitrogens is 3. The zero-order chi connectivity index (χ0) is 21.1. The summed E-state index contributed by atoms with van der Waals surface area (Å²) < 4.78 is 1.88. The third-order valence-corrected chi connectivity index (χ3v) is 5.70. The summed E-state index contributed by atoms with van der Waals surface area (Å²) in [5.41, 5.74) is 8.71. The largest absolute Gasteiger partial charge is 0.331 e. The van der Waals surface area contributed by atoms with E-state index in [0.717, 1.165) is 32.5 Å². The predicted molar refractivity (Wildman–Crippen MR) is 118 cm³/mol. The zero-order valence-electron chi connectivity index (χ0n) is 16.7. The summed E-state index contributed by atoms with van der Waals surface area (Å²) in [7, 11) is 1.87. The molecule has 0 radical (unpaired) electrons. The normalized spacial score (nSPS) is 11.0. The summed E-state index contributed by atoms with van der Waals surface area (Å²) in [5.74, 6) is 0.155. The van der Waals surface area contributed by atoms with E-state index < -0.39 is 0 Å². The van der Waals surface area contributed by atoms with Gasteiger partial charge in [-0.15, -0.1) is 0 Å². The maximum absolute atomic E-state index is 12.2. The van der Waals surface area contributed by atoms with E-state index >= 15 is 0 Å². The number of amides is 2. The fourth-order valence-corrected chi connectivity index (χ4v) is 4.02. The van der Waals surface area contributed by atoms with E-state index in [9.17, 15) is 9.59 Å². The number of pyridine rings is 1. The van der Waals surface area contributed by atoms with E-state index in [1.54, 1.807) is 0 Å². The zero-order valence-corrected chi connectivity index (χ0v) is 17.5. The number of hydrogen-bond acceptors (Lipinski definition) is 5. The monoisotopic (exact) mass is 419 g/mol. The number of fused-ring (bicyclic) bond motifs is 2. The van der Waals surface area contributed by atoms with Crippen molar-refractivity contribution in [2.45, 2.75) is 18.4 Å². The second kappa shape index (κ2) is 8.54. The Labute approximate surface area is 177 Å². The molecule has 0 unspecified atom stereocenters. The standard InChI is InChI=1S/C22H21N5O2S/c1-14-11-22(24-16-8-4-3-7-15(14)16)30-13-21(29)26-25-20(28)12-19-23-17-9-5-6-10-18(17)27(19)2/h3-11H,12-13H2,1-2H3,(H,25,28)(H,26,29). The van der Waals surface area contributed by atoms with Crippen molar-refractivity contribution in [2.24, 2.45) is 7.05 Å². The van der Waals surface area contributed by atoms with Gasteiger partial charge in [0.15, 0.2) is 0 Å². The van der Waals surface area contributed by atoms with Gasteiger partial charge < -0.3 is 4.57 Å². The number of para-hydroxylation sites is 3. The van der Waals surface area contributed by atoms with Crippen LogP contribution in [0.25, 0.3) is 21.9 Å². The van der Waals surface area contributed by atoms with E-state index in [0.29, 0.717) is 5.82 Å². The van der Waals surface area contributed by atoms with Crippen LogP contribution in [0, 0.1) is 6.92 Å². The van der Waals surface area contributed by atoms with E-state index in [1.807, 2.05) is 73.1 Å². The van der Waals surface area contributed by atoms with Crippen molar-refractivity contribution in [3.8, 4) is 0 Å². The number of hydrazine groups is 1. The van der Waals surface area contributed by atoms with Crippen LogP contribution in [0.15, 0.2) is 59.6 Å². The smallest absolute Gasteiger partial charge is 0.248 e. The molecule has 0 aliphatic rings. The molecule has 0 saturated carbocycles. The third kappa shape index (κ3) is 4.28. The first-order valence-corrected chi connectivity index (χ1v) is 10.5. The number of nitrogens with one attached hydrogen (secondary N) is 2. The highest BCUT2D eigenvalue weighted by Gasteiger charge is 2.13. The molecule has 4 aromatic rings. The second-order valence-electron chi connectivity index (χ2n) is 6.93. The lowest BCUT2D eigenvalue weighted by Crippen LogP contribution is -2.43. The average molecular weight is 420 g/mol. The summed E-state index contributed by atoms with van der Waals surface area (Å²) in [6, 6.07) is 17.5. The van der Waals surface area contributed by atoms with Gasteiger partial charge in [-0.2, -0.15) is 0 Å². The molecule has 0 fully saturated rings. The Hall–Kier alpha value is -3.39. The molecule has 0 atom stereocenters. The number of carbonyl (C=O) groups is 2. The van der Waals surface area contributed by atoms with Gasteiger partial charge in [0.2, 0.25) is 11.8 Å². The van der Waals surface area contributed by atoms with Crippen molar-refractivity contribution in [3.63, 3.8) is 0 Å². The Morgan fingerprint density at radius 2 is 1.67 bits per heavy atom. The first kappa shape index (κ1) is 19.9. The summed E-state index contributed by atoms with van der Waals surface area (Å²) in [6.45, 7) is 2.02. The van der Waals surface area contributed by atoms with E-state index in [4.69, 9.17) is 0 Å². The Balaban J connectivity index is 1.30. The van der Waals surface area contributed by atoms with Crippen molar-refractivity contribution >= 4 is 45.5 Å². The summed E-state index contributed by atoms with van der Waals surface area (Å²) in [5, 5.41) is 1.87. The number of benzene rings is 2. The Morgan fingerprint density at radius 1 is 0.967 bits per heavy atom. The minimum atomic E-state index is -0.327. The van der Waals surface area contributed by atoms with Crippen LogP contribution in [0.2, 0.25) is 0 Å². The van der Waals surface area contributed by atoms with Gasteiger partial charge >= 0.3 is 0 Å². The summed E-state index contributed by atoms with van der Waals surface area (Å²) in [6.07, 6.45) is 0.0734. The van der Waals surface area contributed by atoms with Crippen LogP contribution in [0.4, 0.5) is 0 Å². The number of aryl methyl sites for hydroxylation is 2. The van der Waals surface area contributed by atoms with Crippen molar-refractivity contribution in [1.29, 1.82) is 0 Å². The van der Waals surface area contributed by atoms with Gasteiger partial charge in [0.05, 0.1) is 33.7 Å². The lowest BCUT2D eigenvalue weighted by Gasteiger charge is -2.08. The highest BCUT2D eigenvalue weighted by molar-refractivity contribution is 7.99. The van der Waals surface area contributed by atoms with Crippen LogP contribution in [0.1, 0.15) is 11.4 Å². The molecule has 0 aliphatic heterocycles. The molecule has 2 amide bonds. The number of rotatable bonds is 5. The molecule has 0 bridgehead atoms. The molecule has 30 heavy (non-hydrogen) atoms. The number of imidazole rings is 1. The number of hydrogen-bond donors (Lipinski definition) is 2. The highest BCUT2D eigenvalue weighted by atomic mass is 32.2. The molecule has 2 heterocycles. The van der Waals surface area contributed by atoms with Gasteiger partial charge in [-0.25, -0.2) is 9.97 Å². The van der Waals surface area contributed by atoms with Crippen LogP contribution >= 0.6 is 11.8 Å². The van der Waals surface area contributed by atoms with Crippen LogP contribution < -0.4 is 10.9 Å². The maximum atomic E-state index is 12.2. The Morgan fingerprint density at radius 3 is 2.47 bits per heavy atom. The summed E-state index contributed by atoms with van der Waals surface area (Å²) >= 11 is 1.33. The Bertz CT molecular complexity index is 1250. The minimum Gasteiger partial charge on any atom is -0.331 e. The lowest BCUT2D eigenvalue weighted by atomic mass is 10.1. The van der Waals surface area contributed by atoms with Gasteiger partial charge in [-0.3, -0.25) is 20.4 Å². The SMILES string of the molecule is Cc1cc(SCC(=O)NNC(=O)Cc2nc3ccccc3n2C)nc2ccccc12. The molecule has 0 aliphatic carbocycles. The Kier molecular flexibility index (Phi) is 5.67. The minimum absolute atomic E-state index is 0.0734. The molecule has 0 saturated heterocycles. The van der Waals surface area contributed by atoms with Crippen molar-refractivity contribution in [3.05, 3.63) is 66.0 Å². The molecule has 2 N–H and O–H groups in total. The van der Waals surface area contributed by atoms with Gasteiger partial charge in [-0.1, -0.05) is 42.1 Å². The first-order valence-electron chi connectivity index (χ1n) is 9.48. The second-order valence-corrected chi connectivity index (χ2v) is 7.93. The molecule has 152 valence electrons. The van der Waals surface area contributed by atoms with E-state index in [1.165, 1.54) is 11.8 Å². The molecule has 8 heteroatoms. The lowest BCUT2D eigenvalue weighted by molar-refractivity contribution is -0.127. The molecule has 4 rings (SSSR count). The molecular formula is C22H21N5O2S. The fraction of sp³-hybridized carbons (Fsp3) is 0.182. The fourth-order valence-electron chi connectivity index (χ4n) is 3.25. The van der Waals surface area contributed by atoms with Crippen LogP contribution in [-0.4, -0.2) is 32.1 Å². The van der Waals surface area contributed by atoms with Crippen LogP contribution in [-0.2, 0) is 23.1 Å². The van der Waals surface area contributed by atoms with Gasteiger partial charge in [0, 0.05) is 12.4 Å². The van der Waals surface area contributed by atoms with Gasteiger partial charge in [0.1, 0.15) is 5.82 Å². The van der Waals surface area contributed by atoms with E-state index in [2.05, 4.69) is 20.8 Å². The van der Waals surface area contributed by atoms with Gasteiger partial charge in [0.25, 0.3) is 0 Å². The molecule has 0 spiro atoms. The molecule has 2 aromatic carbocycles. The van der Waals surface area contributed by atoms with Gasteiger partial charge in [-0.05, 0) is 36.8 Å². The summed E-state index contributed by atoms with van der Waals surface area (Å²) in [4.78, 5) is 33.4. The molecule has 2 aromatic heterocycles. The highest BCUT2D eigenvalue weighted by Crippen LogP contribution is 2.23. The van der Waals surface area contributed by atoms with Crippen LogP contribution in [0.5, 0.6) is 0 Å². The molecule has 7 nitrogen and oxygen atoms in total. The average Bonchev–Trinajstić information content (AvgIpc) is 3.06. The third-order valence-electron chi connectivity index (χ3n) is 4.79. The van der Waals surface area contributed by atoms with Crippen molar-refractivity contribution in [1.82, 2.24) is 25.4 Å². The van der Waals surface area contributed by atoms with Crippen molar-refractivity contribution < 1.29 is 9.59 Å². The molecular weight excluding hydrogens is 398 g/mol. The van der Waals surface area contributed by atoms with Crippen molar-refractivity contribution in [2.75, 3.05) is 5.75 Å². The number of nitrogens with zero attached hydrogens (tertiary/aromatic N) is 3. The number of thioether (sulfide) groups is 1.